The number of amides is 2. The molecule has 1 aliphatic rings. The molecule has 2 amide bonds. The number of rotatable bonds is 4. The Morgan fingerprint density at radius 1 is 0.861 bits per heavy atom. The van der Waals surface area contributed by atoms with Crippen molar-refractivity contribution < 1.29 is 22.7 Å². The number of benzene rings is 3. The first kappa shape index (κ1) is 25.6. The Kier molecular flexibility index (Phi) is 7.05. The molecule has 0 N–H and O–H groups in total. The molecule has 1 fully saturated rings. The van der Waals surface area contributed by atoms with Crippen LogP contribution in [-0.2, 0) is 19.4 Å². The number of likely N-dealkylation sites (tertiary alicyclic amines) is 1. The largest absolute Gasteiger partial charge is 0.443 e. The van der Waals surface area contributed by atoms with Crippen molar-refractivity contribution in [2.75, 3.05) is 12.8 Å². The third kappa shape index (κ3) is 5.85. The first-order valence-electron chi connectivity index (χ1n) is 11.9. The van der Waals surface area contributed by atoms with Crippen LogP contribution in [0.4, 0.5) is 4.79 Å². The Labute approximate surface area is 212 Å². The Morgan fingerprint density at radius 2 is 1.47 bits per heavy atom. The van der Waals surface area contributed by atoms with Gasteiger partial charge < -0.3 is 4.74 Å². The van der Waals surface area contributed by atoms with E-state index in [9.17, 15) is 18.0 Å². The second-order valence-electron chi connectivity index (χ2n) is 10.2. The minimum atomic E-state index is -3.34. The fourth-order valence-electron chi connectivity index (χ4n) is 4.60. The van der Waals surface area contributed by atoms with Gasteiger partial charge in [0.05, 0.1) is 4.90 Å². The van der Waals surface area contributed by atoms with Crippen LogP contribution in [0.2, 0.25) is 0 Å². The molecule has 1 saturated heterocycles. The normalized spacial score (nSPS) is 18.7. The highest BCUT2D eigenvalue weighted by atomic mass is 32.2. The Bertz CT molecular complexity index is 1380. The van der Waals surface area contributed by atoms with E-state index in [1.165, 1.54) is 11.2 Å². The first-order chi connectivity index (χ1) is 16.9. The van der Waals surface area contributed by atoms with Gasteiger partial charge in [0.1, 0.15) is 5.60 Å². The van der Waals surface area contributed by atoms with Gasteiger partial charge in [-0.1, -0.05) is 66.7 Å². The van der Waals surface area contributed by atoms with Crippen molar-refractivity contribution in [3.63, 3.8) is 0 Å². The standard InChI is InChI=1S/C29H31NO5S/c1-29(2,3)35-28(32)30-19-26(25(18-27(30)31)20-10-6-5-7-11-20)23-14-8-12-21(16-23)22-13-9-15-24(17-22)36(4,33)34/h5-17,25-26H,18-19H2,1-4H3. The molecule has 0 spiro atoms. The molecule has 0 bridgehead atoms. The van der Waals surface area contributed by atoms with Crippen LogP contribution in [0, 0.1) is 0 Å². The quantitative estimate of drug-likeness (QED) is 0.448. The van der Waals surface area contributed by atoms with Crippen LogP contribution in [0.25, 0.3) is 11.1 Å². The molecule has 6 nitrogen and oxygen atoms in total. The SMILES string of the molecule is CC(C)(C)OC(=O)N1CC(c2cccc(-c3cccc(S(C)(=O)=O)c3)c2)C(c2ccccc2)CC1=O. The zero-order valence-corrected chi connectivity index (χ0v) is 21.8. The van der Waals surface area contributed by atoms with Crippen LogP contribution < -0.4 is 0 Å². The van der Waals surface area contributed by atoms with Gasteiger partial charge in [0.15, 0.2) is 9.84 Å². The van der Waals surface area contributed by atoms with E-state index in [1.807, 2.05) is 60.7 Å². The van der Waals surface area contributed by atoms with Gasteiger partial charge in [-0.3, -0.25) is 4.79 Å². The van der Waals surface area contributed by atoms with Gasteiger partial charge in [0.2, 0.25) is 5.91 Å². The highest BCUT2D eigenvalue weighted by Gasteiger charge is 2.40. The molecular weight excluding hydrogens is 474 g/mol. The minimum absolute atomic E-state index is 0.116. The van der Waals surface area contributed by atoms with Crippen LogP contribution in [0.1, 0.15) is 50.2 Å². The Morgan fingerprint density at radius 3 is 2.11 bits per heavy atom. The fourth-order valence-corrected chi connectivity index (χ4v) is 5.27. The van der Waals surface area contributed by atoms with Crippen molar-refractivity contribution in [3.05, 3.63) is 90.0 Å². The van der Waals surface area contributed by atoms with E-state index in [1.54, 1.807) is 39.0 Å². The first-order valence-corrected chi connectivity index (χ1v) is 13.8. The van der Waals surface area contributed by atoms with Crippen molar-refractivity contribution in [2.24, 2.45) is 0 Å². The Hall–Kier alpha value is -3.45. The smallest absolute Gasteiger partial charge is 0.417 e. The number of carbonyl (C=O) groups is 2. The van der Waals surface area contributed by atoms with Crippen LogP contribution in [0.3, 0.4) is 0 Å². The van der Waals surface area contributed by atoms with Crippen LogP contribution in [-0.4, -0.2) is 43.7 Å². The number of sulfone groups is 1. The third-order valence-corrected chi connectivity index (χ3v) is 7.42. The number of nitrogens with zero attached hydrogens (tertiary/aromatic N) is 1. The summed E-state index contributed by atoms with van der Waals surface area (Å²) in [5, 5.41) is 0. The molecule has 188 valence electrons. The lowest BCUT2D eigenvalue weighted by Crippen LogP contribution is -2.47. The van der Waals surface area contributed by atoms with E-state index in [0.717, 1.165) is 22.3 Å². The van der Waals surface area contributed by atoms with E-state index in [4.69, 9.17) is 4.74 Å². The highest BCUT2D eigenvalue weighted by molar-refractivity contribution is 7.90. The van der Waals surface area contributed by atoms with Gasteiger partial charge in [0.25, 0.3) is 0 Å². The van der Waals surface area contributed by atoms with Gasteiger partial charge in [-0.2, -0.15) is 0 Å². The highest BCUT2D eigenvalue weighted by Crippen LogP contribution is 2.41. The van der Waals surface area contributed by atoms with Crippen LogP contribution in [0.5, 0.6) is 0 Å². The maximum Gasteiger partial charge on any atom is 0.417 e. The molecule has 0 aromatic heterocycles. The maximum absolute atomic E-state index is 13.1. The van der Waals surface area contributed by atoms with Gasteiger partial charge in [-0.15, -0.1) is 0 Å². The number of imide groups is 1. The summed E-state index contributed by atoms with van der Waals surface area (Å²) in [6.07, 6.45) is 0.736. The lowest BCUT2D eigenvalue weighted by Gasteiger charge is -2.38. The molecule has 1 heterocycles. The summed E-state index contributed by atoms with van der Waals surface area (Å²) in [6, 6.07) is 24.6. The van der Waals surface area contributed by atoms with Crippen molar-refractivity contribution in [3.8, 4) is 11.1 Å². The summed E-state index contributed by atoms with van der Waals surface area (Å²) in [7, 11) is -3.34. The molecule has 1 aliphatic heterocycles. The predicted molar refractivity (Wildman–Crippen MR) is 139 cm³/mol. The van der Waals surface area contributed by atoms with Crippen molar-refractivity contribution >= 4 is 21.8 Å². The van der Waals surface area contributed by atoms with Crippen molar-refractivity contribution in [1.29, 1.82) is 0 Å². The van der Waals surface area contributed by atoms with Crippen LogP contribution in [0.15, 0.2) is 83.8 Å². The van der Waals surface area contributed by atoms with Gasteiger partial charge >= 0.3 is 6.09 Å². The fraction of sp³-hybridized carbons (Fsp3) is 0.310. The molecule has 0 radical (unpaired) electrons. The average Bonchev–Trinajstić information content (AvgIpc) is 2.83. The summed E-state index contributed by atoms with van der Waals surface area (Å²) >= 11 is 0. The van der Waals surface area contributed by atoms with E-state index in [-0.39, 0.29) is 35.6 Å². The number of hydrogen-bond donors (Lipinski definition) is 0. The van der Waals surface area contributed by atoms with Gasteiger partial charge in [-0.05, 0) is 55.2 Å². The molecule has 3 aromatic rings. The van der Waals surface area contributed by atoms with E-state index in [2.05, 4.69) is 0 Å². The molecule has 2 atom stereocenters. The topological polar surface area (TPSA) is 80.8 Å². The summed E-state index contributed by atoms with van der Waals surface area (Å²) in [6.45, 7) is 5.52. The second kappa shape index (κ2) is 9.90. The number of hydrogen-bond acceptors (Lipinski definition) is 5. The monoisotopic (exact) mass is 505 g/mol. The second-order valence-corrected chi connectivity index (χ2v) is 12.3. The molecule has 2 unspecified atom stereocenters. The lowest BCUT2D eigenvalue weighted by atomic mass is 9.76. The predicted octanol–water partition coefficient (Wildman–Crippen LogP) is 5.79. The molecule has 36 heavy (non-hydrogen) atoms. The van der Waals surface area contributed by atoms with E-state index in [0.29, 0.717) is 0 Å². The number of carbonyl (C=O) groups excluding carboxylic acids is 2. The summed E-state index contributed by atoms with van der Waals surface area (Å²) < 4.78 is 29.7. The summed E-state index contributed by atoms with van der Waals surface area (Å²) in [5.41, 5.74) is 2.93. The molecular formula is C29H31NO5S. The Balaban J connectivity index is 1.74. The molecule has 0 saturated carbocycles. The lowest BCUT2D eigenvalue weighted by molar-refractivity contribution is -0.133. The zero-order chi connectivity index (χ0) is 26.1. The molecule has 0 aliphatic carbocycles. The average molecular weight is 506 g/mol. The third-order valence-electron chi connectivity index (χ3n) is 6.31. The van der Waals surface area contributed by atoms with Gasteiger partial charge in [0, 0.05) is 31.1 Å². The van der Waals surface area contributed by atoms with E-state index < -0.39 is 21.5 Å². The molecule has 3 aromatic carbocycles. The maximum atomic E-state index is 13.1. The van der Waals surface area contributed by atoms with Gasteiger partial charge in [-0.25, -0.2) is 18.1 Å². The van der Waals surface area contributed by atoms with Crippen molar-refractivity contribution in [2.45, 2.75) is 49.5 Å². The summed E-state index contributed by atoms with van der Waals surface area (Å²) in [4.78, 5) is 27.4. The zero-order valence-electron chi connectivity index (χ0n) is 21.0. The van der Waals surface area contributed by atoms with Crippen molar-refractivity contribution in [1.82, 2.24) is 4.90 Å². The minimum Gasteiger partial charge on any atom is -0.443 e. The number of ether oxygens (including phenoxy) is 1. The van der Waals surface area contributed by atoms with Crippen LogP contribution >= 0.6 is 0 Å². The summed E-state index contributed by atoms with van der Waals surface area (Å²) in [5.74, 6) is -0.531. The number of piperidine rings is 1. The molecule has 4 rings (SSSR count). The van der Waals surface area contributed by atoms with E-state index >= 15 is 0 Å². The molecule has 7 heteroatoms.